The molecule has 5 heteroatoms. The maximum Gasteiger partial charge on any atom is 0.306 e. The minimum absolute atomic E-state index is 0.0697. The summed E-state index contributed by atoms with van der Waals surface area (Å²) in [5.41, 5.74) is 0. The molecule has 0 bridgehead atoms. The Bertz CT molecular complexity index is 627. The molecule has 41 heavy (non-hydrogen) atoms. The molecular weight excluding hydrogens is 512 g/mol. The summed E-state index contributed by atoms with van der Waals surface area (Å²) in [4.78, 5) is 24.1. The van der Waals surface area contributed by atoms with Crippen LogP contribution >= 0.6 is 0 Å². The minimum atomic E-state index is -0.770. The van der Waals surface area contributed by atoms with E-state index in [0.717, 1.165) is 51.4 Å². The quantitative estimate of drug-likeness (QED) is 0.0503. The first-order chi connectivity index (χ1) is 20.1. The van der Waals surface area contributed by atoms with Gasteiger partial charge in [0.05, 0.1) is 6.61 Å². The van der Waals surface area contributed by atoms with Crippen molar-refractivity contribution in [1.82, 2.24) is 0 Å². The number of carbonyl (C=O) groups excluding carboxylic acids is 2. The van der Waals surface area contributed by atoms with Gasteiger partial charge in [-0.05, 0) is 44.9 Å². The van der Waals surface area contributed by atoms with E-state index in [9.17, 15) is 14.7 Å². The van der Waals surface area contributed by atoms with Crippen molar-refractivity contribution in [3.05, 3.63) is 24.3 Å². The molecule has 0 amide bonds. The number of hydrogen-bond acceptors (Lipinski definition) is 5. The average molecular weight is 579 g/mol. The van der Waals surface area contributed by atoms with E-state index in [-0.39, 0.29) is 25.2 Å². The molecule has 0 aliphatic carbocycles. The third kappa shape index (κ3) is 31.2. The molecule has 0 heterocycles. The van der Waals surface area contributed by atoms with Gasteiger partial charge in [-0.15, -0.1) is 0 Å². The molecule has 5 nitrogen and oxygen atoms in total. The number of hydrogen-bond donors (Lipinski definition) is 1. The summed E-state index contributed by atoms with van der Waals surface area (Å²) in [6.45, 7) is 4.08. The maximum absolute atomic E-state index is 12.1. The molecule has 0 aromatic heterocycles. The van der Waals surface area contributed by atoms with Crippen LogP contribution in [0.4, 0.5) is 0 Å². The Morgan fingerprint density at radius 2 is 0.976 bits per heavy atom. The number of rotatable bonds is 31. The average Bonchev–Trinajstić information content (AvgIpc) is 2.97. The van der Waals surface area contributed by atoms with Gasteiger partial charge in [0.1, 0.15) is 6.61 Å². The molecule has 0 aromatic carbocycles. The van der Waals surface area contributed by atoms with E-state index >= 15 is 0 Å². The third-order valence-electron chi connectivity index (χ3n) is 7.50. The lowest BCUT2D eigenvalue weighted by molar-refractivity contribution is -0.161. The molecule has 240 valence electrons. The zero-order valence-electron chi connectivity index (χ0n) is 27.1. The van der Waals surface area contributed by atoms with Crippen molar-refractivity contribution in [1.29, 1.82) is 0 Å². The number of aliphatic hydroxyl groups is 1. The number of unbranched alkanes of at least 4 members (excludes halogenated alkanes) is 19. The van der Waals surface area contributed by atoms with Gasteiger partial charge in [0.15, 0.2) is 6.10 Å². The second kappa shape index (κ2) is 32.9. The lowest BCUT2D eigenvalue weighted by Crippen LogP contribution is -2.28. The fourth-order valence-electron chi connectivity index (χ4n) is 4.82. The zero-order chi connectivity index (χ0) is 30.1. The largest absolute Gasteiger partial charge is 0.462 e. The molecule has 0 saturated heterocycles. The van der Waals surface area contributed by atoms with Gasteiger partial charge in [0.25, 0.3) is 0 Å². The Morgan fingerprint density at radius 3 is 1.49 bits per heavy atom. The first-order valence-electron chi connectivity index (χ1n) is 17.4. The third-order valence-corrected chi connectivity index (χ3v) is 7.50. The second-order valence-corrected chi connectivity index (χ2v) is 11.6. The number of esters is 2. The number of allylic oxidation sites excluding steroid dienone is 4. The van der Waals surface area contributed by atoms with Crippen LogP contribution in [-0.4, -0.2) is 36.4 Å². The van der Waals surface area contributed by atoms with Crippen molar-refractivity contribution < 1.29 is 24.2 Å². The molecule has 0 radical (unpaired) electrons. The minimum Gasteiger partial charge on any atom is -0.462 e. The first kappa shape index (κ1) is 39.4. The normalized spacial score (nSPS) is 12.4. The smallest absolute Gasteiger partial charge is 0.306 e. The van der Waals surface area contributed by atoms with E-state index in [1.165, 1.54) is 96.3 Å². The SMILES string of the molecule is CCCCC/C=C\C/C=C\CCCCCCCC(=O)OC[C@H](CO)OC(=O)CCCCCCCCCCCCCC. The fraction of sp³-hybridized carbons (Fsp3) is 0.833. The summed E-state index contributed by atoms with van der Waals surface area (Å²) in [7, 11) is 0. The summed E-state index contributed by atoms with van der Waals surface area (Å²) in [6.07, 6.45) is 36.5. The van der Waals surface area contributed by atoms with Crippen LogP contribution in [0.15, 0.2) is 24.3 Å². The highest BCUT2D eigenvalue weighted by molar-refractivity contribution is 5.70. The van der Waals surface area contributed by atoms with Crippen molar-refractivity contribution in [2.75, 3.05) is 13.2 Å². The number of aliphatic hydroxyl groups excluding tert-OH is 1. The Morgan fingerprint density at radius 1 is 0.561 bits per heavy atom. The summed E-state index contributed by atoms with van der Waals surface area (Å²) in [5.74, 6) is -0.605. The lowest BCUT2D eigenvalue weighted by Gasteiger charge is -2.15. The lowest BCUT2D eigenvalue weighted by atomic mass is 10.0. The van der Waals surface area contributed by atoms with Crippen molar-refractivity contribution in [3.8, 4) is 0 Å². The molecule has 0 fully saturated rings. The van der Waals surface area contributed by atoms with Crippen molar-refractivity contribution in [3.63, 3.8) is 0 Å². The molecule has 0 saturated carbocycles. The Labute approximate surface area is 253 Å². The van der Waals surface area contributed by atoms with E-state index in [2.05, 4.69) is 38.2 Å². The zero-order valence-corrected chi connectivity index (χ0v) is 27.1. The Hall–Kier alpha value is -1.62. The predicted molar refractivity (Wildman–Crippen MR) is 173 cm³/mol. The van der Waals surface area contributed by atoms with Crippen molar-refractivity contribution in [2.24, 2.45) is 0 Å². The van der Waals surface area contributed by atoms with E-state index < -0.39 is 6.10 Å². The van der Waals surface area contributed by atoms with E-state index in [4.69, 9.17) is 9.47 Å². The molecule has 0 spiro atoms. The molecule has 0 aromatic rings. The summed E-state index contributed by atoms with van der Waals surface area (Å²) in [5, 5.41) is 9.50. The van der Waals surface area contributed by atoms with Gasteiger partial charge in [-0.25, -0.2) is 0 Å². The van der Waals surface area contributed by atoms with E-state index in [1.54, 1.807) is 0 Å². The topological polar surface area (TPSA) is 72.8 Å². The molecule has 0 aliphatic rings. The van der Waals surface area contributed by atoms with Crippen LogP contribution in [0.2, 0.25) is 0 Å². The highest BCUT2D eigenvalue weighted by Gasteiger charge is 2.16. The summed E-state index contributed by atoms with van der Waals surface area (Å²) in [6, 6.07) is 0. The molecule has 0 aliphatic heterocycles. The van der Waals surface area contributed by atoms with Crippen LogP contribution in [0, 0.1) is 0 Å². The highest BCUT2D eigenvalue weighted by Crippen LogP contribution is 2.13. The monoisotopic (exact) mass is 578 g/mol. The van der Waals surface area contributed by atoms with Gasteiger partial charge in [-0.1, -0.05) is 141 Å². The summed E-state index contributed by atoms with van der Waals surface area (Å²) < 4.78 is 10.5. The Balaban J connectivity index is 3.59. The van der Waals surface area contributed by atoms with Crippen molar-refractivity contribution in [2.45, 2.75) is 180 Å². The van der Waals surface area contributed by atoms with Crippen LogP contribution in [-0.2, 0) is 19.1 Å². The maximum atomic E-state index is 12.1. The van der Waals surface area contributed by atoms with Crippen LogP contribution in [0.1, 0.15) is 174 Å². The molecular formula is C36H66O5. The fourth-order valence-corrected chi connectivity index (χ4v) is 4.82. The van der Waals surface area contributed by atoms with Gasteiger partial charge >= 0.3 is 11.9 Å². The van der Waals surface area contributed by atoms with Crippen LogP contribution in [0.25, 0.3) is 0 Å². The molecule has 1 atom stereocenters. The molecule has 0 rings (SSSR count). The predicted octanol–water partition coefficient (Wildman–Crippen LogP) is 10.3. The van der Waals surface area contributed by atoms with Crippen LogP contribution < -0.4 is 0 Å². The number of carbonyl (C=O) groups is 2. The highest BCUT2D eigenvalue weighted by atomic mass is 16.6. The molecule has 1 N–H and O–H groups in total. The van der Waals surface area contributed by atoms with Gasteiger partial charge < -0.3 is 14.6 Å². The second-order valence-electron chi connectivity index (χ2n) is 11.6. The van der Waals surface area contributed by atoms with Crippen LogP contribution in [0.3, 0.4) is 0 Å². The van der Waals surface area contributed by atoms with E-state index in [1.807, 2.05) is 0 Å². The number of ether oxygens (including phenoxy) is 2. The van der Waals surface area contributed by atoms with Gasteiger partial charge in [-0.2, -0.15) is 0 Å². The van der Waals surface area contributed by atoms with Crippen molar-refractivity contribution >= 4 is 11.9 Å². The standard InChI is InChI=1S/C36H66O5/c1-3-5-7-9-11-13-15-17-18-19-21-22-24-26-28-30-35(38)40-33-34(32-37)41-36(39)31-29-27-25-23-20-16-14-12-10-8-6-4-2/h11,13,17-18,34,37H,3-10,12,14-16,19-33H2,1-2H3/b13-11-,18-17-/t34-/m0/s1. The molecule has 0 unspecified atom stereocenters. The van der Waals surface area contributed by atoms with Gasteiger partial charge in [0.2, 0.25) is 0 Å². The van der Waals surface area contributed by atoms with Gasteiger partial charge in [-0.3, -0.25) is 9.59 Å². The first-order valence-corrected chi connectivity index (χ1v) is 17.4. The van der Waals surface area contributed by atoms with Gasteiger partial charge in [0, 0.05) is 12.8 Å². The Kier molecular flexibility index (Phi) is 31.6. The van der Waals surface area contributed by atoms with E-state index in [0.29, 0.717) is 12.8 Å². The summed E-state index contributed by atoms with van der Waals surface area (Å²) >= 11 is 0. The van der Waals surface area contributed by atoms with Crippen LogP contribution in [0.5, 0.6) is 0 Å².